The molecule has 1 aliphatic rings. The van der Waals surface area contributed by atoms with Gasteiger partial charge < -0.3 is 10.0 Å². The molecule has 0 spiro atoms. The van der Waals surface area contributed by atoms with E-state index in [1.54, 1.807) is 13.0 Å². The third-order valence-electron chi connectivity index (χ3n) is 3.54. The minimum Gasteiger partial charge on any atom is -0.391 e. The first kappa shape index (κ1) is 15.9. The number of piperidine rings is 1. The smallest absolute Gasteiger partial charge is 0.241 e. The molecule has 0 saturated carbocycles. The normalized spacial score (nSPS) is 17.5. The third kappa shape index (κ3) is 4.02. The van der Waals surface area contributed by atoms with Crippen LogP contribution < -0.4 is 4.72 Å². The Hall–Kier alpha value is -0.470. The molecule has 114 valence electrons. The van der Waals surface area contributed by atoms with Crippen molar-refractivity contribution in [3.8, 4) is 0 Å². The molecule has 1 aromatic heterocycles. The predicted octanol–water partition coefficient (Wildman–Crippen LogP) is 1.31. The van der Waals surface area contributed by atoms with Crippen molar-refractivity contribution in [3.05, 3.63) is 15.8 Å². The molecule has 0 bridgehead atoms. The van der Waals surface area contributed by atoms with Gasteiger partial charge in [-0.15, -0.1) is 11.3 Å². The maximum atomic E-state index is 12.2. The number of aliphatic hydroxyl groups is 1. The number of aryl methyl sites for hydroxylation is 1. The highest BCUT2D eigenvalue weighted by Crippen LogP contribution is 2.25. The van der Waals surface area contributed by atoms with Crippen molar-refractivity contribution < 1.29 is 13.5 Å². The van der Waals surface area contributed by atoms with E-state index in [0.717, 1.165) is 24.5 Å². The summed E-state index contributed by atoms with van der Waals surface area (Å²) in [6, 6.07) is 1.56. The Balaban J connectivity index is 1.91. The number of rotatable bonds is 6. The molecule has 5 nitrogen and oxygen atoms in total. The Labute approximate surface area is 124 Å². The molecule has 2 N–H and O–H groups in total. The van der Waals surface area contributed by atoms with Crippen molar-refractivity contribution in [2.75, 3.05) is 26.2 Å². The molecule has 0 atom stereocenters. The third-order valence-corrected chi connectivity index (χ3v) is 6.29. The molecule has 2 rings (SSSR count). The van der Waals surface area contributed by atoms with Crippen LogP contribution in [0.25, 0.3) is 0 Å². The highest BCUT2D eigenvalue weighted by molar-refractivity contribution is 7.89. The lowest BCUT2D eigenvalue weighted by Crippen LogP contribution is -2.37. The molecular formula is C13H22N2O3S2. The number of hydrogen-bond donors (Lipinski definition) is 2. The van der Waals surface area contributed by atoms with Gasteiger partial charge in [0.15, 0.2) is 0 Å². The van der Waals surface area contributed by atoms with Gasteiger partial charge in [-0.1, -0.05) is 6.42 Å². The fourth-order valence-electron chi connectivity index (χ4n) is 2.47. The summed E-state index contributed by atoms with van der Waals surface area (Å²) in [4.78, 5) is 4.00. The van der Waals surface area contributed by atoms with Gasteiger partial charge in [-0.2, -0.15) is 0 Å². The number of nitrogens with one attached hydrogen (secondary N) is 1. The Morgan fingerprint density at radius 1 is 1.35 bits per heavy atom. The second-order valence-corrected chi connectivity index (χ2v) is 8.17. The Morgan fingerprint density at radius 2 is 2.05 bits per heavy atom. The molecular weight excluding hydrogens is 296 g/mol. The van der Waals surface area contributed by atoms with E-state index >= 15 is 0 Å². The molecule has 0 aliphatic carbocycles. The fraction of sp³-hybridized carbons (Fsp3) is 0.692. The maximum absolute atomic E-state index is 12.2. The van der Waals surface area contributed by atoms with Crippen LogP contribution >= 0.6 is 11.3 Å². The fourth-order valence-corrected chi connectivity index (χ4v) is 4.98. The zero-order valence-electron chi connectivity index (χ0n) is 11.8. The van der Waals surface area contributed by atoms with E-state index in [1.165, 1.54) is 30.6 Å². The zero-order valence-corrected chi connectivity index (χ0v) is 13.4. The van der Waals surface area contributed by atoms with Crippen LogP contribution in [0.15, 0.2) is 11.0 Å². The van der Waals surface area contributed by atoms with E-state index in [0.29, 0.717) is 16.3 Å². The summed E-state index contributed by atoms with van der Waals surface area (Å²) in [5, 5.41) is 9.08. The molecule has 1 saturated heterocycles. The summed E-state index contributed by atoms with van der Waals surface area (Å²) >= 11 is 1.32. The van der Waals surface area contributed by atoms with Crippen LogP contribution in [0, 0.1) is 6.92 Å². The largest absolute Gasteiger partial charge is 0.391 e. The highest BCUT2D eigenvalue weighted by atomic mass is 32.2. The van der Waals surface area contributed by atoms with Gasteiger partial charge in [0.25, 0.3) is 0 Å². The summed E-state index contributed by atoms with van der Waals surface area (Å²) in [5.74, 6) is 0. The van der Waals surface area contributed by atoms with E-state index < -0.39 is 10.0 Å². The molecule has 0 amide bonds. The minimum absolute atomic E-state index is 0.116. The lowest BCUT2D eigenvalue weighted by Gasteiger charge is -2.26. The average Bonchev–Trinajstić information content (AvgIpc) is 2.82. The standard InChI is InChI=1S/C13H22N2O3S2/c1-11-13(9-12(10-16)19-11)20(17,18)14-5-8-15-6-3-2-4-7-15/h9,14,16H,2-8,10H2,1H3. The van der Waals surface area contributed by atoms with Crippen molar-refractivity contribution in [1.82, 2.24) is 9.62 Å². The molecule has 2 heterocycles. The van der Waals surface area contributed by atoms with Crippen LogP contribution in [0.2, 0.25) is 0 Å². The topological polar surface area (TPSA) is 69.6 Å². The van der Waals surface area contributed by atoms with E-state index in [-0.39, 0.29) is 6.61 Å². The molecule has 0 unspecified atom stereocenters. The van der Waals surface area contributed by atoms with Crippen molar-refractivity contribution >= 4 is 21.4 Å². The van der Waals surface area contributed by atoms with Gasteiger partial charge in [-0.05, 0) is 38.9 Å². The SMILES string of the molecule is Cc1sc(CO)cc1S(=O)(=O)NCCN1CCCCC1. The summed E-state index contributed by atoms with van der Waals surface area (Å²) in [7, 11) is -3.46. The Morgan fingerprint density at radius 3 is 2.65 bits per heavy atom. The molecule has 1 aromatic rings. The zero-order chi connectivity index (χ0) is 14.6. The van der Waals surface area contributed by atoms with Gasteiger partial charge in [0.05, 0.1) is 11.5 Å². The number of sulfonamides is 1. The summed E-state index contributed by atoms with van der Waals surface area (Å²) in [6.07, 6.45) is 3.69. The number of nitrogens with zero attached hydrogens (tertiary/aromatic N) is 1. The molecule has 20 heavy (non-hydrogen) atoms. The molecule has 7 heteroatoms. The van der Waals surface area contributed by atoms with Crippen molar-refractivity contribution in [3.63, 3.8) is 0 Å². The van der Waals surface area contributed by atoms with E-state index in [9.17, 15) is 8.42 Å². The number of hydrogen-bond acceptors (Lipinski definition) is 5. The van der Waals surface area contributed by atoms with Gasteiger partial charge >= 0.3 is 0 Å². The molecule has 1 aliphatic heterocycles. The minimum atomic E-state index is -3.46. The van der Waals surface area contributed by atoms with Gasteiger partial charge in [0.1, 0.15) is 0 Å². The monoisotopic (exact) mass is 318 g/mol. The van der Waals surface area contributed by atoms with Crippen LogP contribution in [0.4, 0.5) is 0 Å². The maximum Gasteiger partial charge on any atom is 0.241 e. The van der Waals surface area contributed by atoms with Gasteiger partial charge in [0, 0.05) is 22.8 Å². The number of thiophene rings is 1. The van der Waals surface area contributed by atoms with Gasteiger partial charge in [-0.25, -0.2) is 13.1 Å². The molecule has 0 aromatic carbocycles. The number of aliphatic hydroxyl groups excluding tert-OH is 1. The molecule has 1 fully saturated rings. The van der Waals surface area contributed by atoms with Crippen molar-refractivity contribution in [2.45, 2.75) is 37.7 Å². The van der Waals surface area contributed by atoms with Crippen molar-refractivity contribution in [1.29, 1.82) is 0 Å². The van der Waals surface area contributed by atoms with Crippen LogP contribution in [-0.2, 0) is 16.6 Å². The Bertz CT molecular complexity index is 534. The number of likely N-dealkylation sites (tertiary alicyclic amines) is 1. The van der Waals surface area contributed by atoms with E-state index in [4.69, 9.17) is 5.11 Å². The van der Waals surface area contributed by atoms with Gasteiger partial charge in [0.2, 0.25) is 10.0 Å². The van der Waals surface area contributed by atoms with Crippen LogP contribution in [-0.4, -0.2) is 44.6 Å². The van der Waals surface area contributed by atoms with Crippen molar-refractivity contribution in [2.24, 2.45) is 0 Å². The summed E-state index contributed by atoms with van der Waals surface area (Å²) < 4.78 is 27.1. The first-order valence-electron chi connectivity index (χ1n) is 6.95. The second kappa shape index (κ2) is 7.00. The highest BCUT2D eigenvalue weighted by Gasteiger charge is 2.20. The lowest BCUT2D eigenvalue weighted by molar-refractivity contribution is 0.233. The first-order valence-corrected chi connectivity index (χ1v) is 9.25. The Kier molecular flexibility index (Phi) is 5.57. The van der Waals surface area contributed by atoms with Crippen LogP contribution in [0.5, 0.6) is 0 Å². The summed E-state index contributed by atoms with van der Waals surface area (Å²) in [6.45, 7) is 4.97. The van der Waals surface area contributed by atoms with Crippen LogP contribution in [0.1, 0.15) is 29.0 Å². The van der Waals surface area contributed by atoms with Crippen LogP contribution in [0.3, 0.4) is 0 Å². The van der Waals surface area contributed by atoms with E-state index in [2.05, 4.69) is 9.62 Å². The summed E-state index contributed by atoms with van der Waals surface area (Å²) in [5.41, 5.74) is 0. The average molecular weight is 318 g/mol. The molecule has 0 radical (unpaired) electrons. The van der Waals surface area contributed by atoms with Gasteiger partial charge in [-0.3, -0.25) is 0 Å². The first-order chi connectivity index (χ1) is 9.53. The second-order valence-electron chi connectivity index (χ2n) is 5.09. The predicted molar refractivity (Wildman–Crippen MR) is 80.5 cm³/mol. The van der Waals surface area contributed by atoms with E-state index in [1.807, 2.05) is 0 Å². The quantitative estimate of drug-likeness (QED) is 0.830. The lowest BCUT2D eigenvalue weighted by atomic mass is 10.1.